The molecular weight excluding hydrogens is 430 g/mol. The summed E-state index contributed by atoms with van der Waals surface area (Å²) in [5.74, 6) is 1.09. The summed E-state index contributed by atoms with van der Waals surface area (Å²) >= 11 is 0. The minimum atomic E-state index is -1.21. The molecule has 1 aliphatic carbocycles. The number of hydrogen-bond donors (Lipinski definition) is 3. The van der Waals surface area contributed by atoms with Gasteiger partial charge in [-0.1, -0.05) is 24.3 Å². The molecule has 3 aliphatic rings. The van der Waals surface area contributed by atoms with E-state index >= 15 is 0 Å². The van der Waals surface area contributed by atoms with Crippen molar-refractivity contribution in [1.82, 2.24) is 24.8 Å². The molecule has 2 aromatic heterocycles. The van der Waals surface area contributed by atoms with E-state index in [0.29, 0.717) is 11.4 Å². The molecule has 2 aliphatic heterocycles. The molecule has 8 heteroatoms. The Morgan fingerprint density at radius 1 is 1.03 bits per heavy atom. The fraction of sp³-hybridized carbons (Fsp3) is 0.308. The Bertz CT molecular complexity index is 1480. The minimum absolute atomic E-state index is 0.0526. The van der Waals surface area contributed by atoms with Crippen LogP contribution >= 0.6 is 0 Å². The van der Waals surface area contributed by atoms with Gasteiger partial charge in [0.25, 0.3) is 5.91 Å². The highest BCUT2D eigenvalue weighted by molar-refractivity contribution is 5.99. The van der Waals surface area contributed by atoms with Crippen molar-refractivity contribution in [3.05, 3.63) is 77.6 Å². The summed E-state index contributed by atoms with van der Waals surface area (Å²) in [6.45, 7) is 1.70. The van der Waals surface area contributed by atoms with Crippen LogP contribution in [0.25, 0.3) is 22.2 Å². The van der Waals surface area contributed by atoms with Crippen molar-refractivity contribution in [1.29, 1.82) is 0 Å². The van der Waals surface area contributed by atoms with Gasteiger partial charge < -0.3 is 20.1 Å². The monoisotopic (exact) mass is 453 g/mol. The van der Waals surface area contributed by atoms with Crippen LogP contribution in [-0.4, -0.2) is 41.2 Å². The molecule has 2 atom stereocenters. The Labute approximate surface area is 195 Å². The zero-order chi connectivity index (χ0) is 23.2. The van der Waals surface area contributed by atoms with Crippen molar-refractivity contribution >= 4 is 16.9 Å². The van der Waals surface area contributed by atoms with E-state index in [0.717, 1.165) is 40.0 Å². The first kappa shape index (κ1) is 19.8. The standard InChI is InChI=1S/C26H23N5O3/c1-25(33)12-26(34,13-25)24-27-10-14(11-28-24)15-5-4-6-16-21(15)20-9-18(30-23(16)32)22-29-17-7-2-3-8-19(17)31(20)22/h2-8,10-11,18,20,33-34H,9,12-13H2,1H3,(H,30,32)/t18?,20?,25-,26+. The average molecular weight is 454 g/mol. The molecule has 2 unspecified atom stereocenters. The number of nitrogens with one attached hydrogen (secondary N) is 1. The number of carbonyl (C=O) groups is 1. The van der Waals surface area contributed by atoms with Crippen LogP contribution in [0.2, 0.25) is 0 Å². The van der Waals surface area contributed by atoms with Crippen LogP contribution in [0.5, 0.6) is 0 Å². The van der Waals surface area contributed by atoms with Crippen LogP contribution in [0.1, 0.15) is 65.8 Å². The van der Waals surface area contributed by atoms with Gasteiger partial charge in [-0.3, -0.25) is 4.79 Å². The van der Waals surface area contributed by atoms with E-state index in [4.69, 9.17) is 4.98 Å². The third kappa shape index (κ3) is 2.66. The van der Waals surface area contributed by atoms with Gasteiger partial charge in [0, 0.05) is 36.4 Å². The Hall–Kier alpha value is -3.62. The number of fused-ring (bicyclic) bond motifs is 9. The van der Waals surface area contributed by atoms with E-state index in [1.165, 1.54) is 0 Å². The zero-order valence-corrected chi connectivity index (χ0v) is 18.6. The van der Waals surface area contributed by atoms with Gasteiger partial charge in [0.15, 0.2) is 5.82 Å². The lowest BCUT2D eigenvalue weighted by molar-refractivity contribution is -0.180. The number of carbonyl (C=O) groups excluding carboxylic acids is 1. The normalized spacial score (nSPS) is 29.2. The quantitative estimate of drug-likeness (QED) is 0.430. The molecule has 7 rings (SSSR count). The fourth-order valence-corrected chi connectivity index (χ4v) is 6.12. The molecule has 2 bridgehead atoms. The van der Waals surface area contributed by atoms with Crippen molar-refractivity contribution in [3.8, 4) is 11.1 Å². The second kappa shape index (κ2) is 6.49. The Balaban J connectivity index is 1.37. The summed E-state index contributed by atoms with van der Waals surface area (Å²) in [7, 11) is 0. The molecule has 0 spiro atoms. The molecule has 0 radical (unpaired) electrons. The first-order valence-electron chi connectivity index (χ1n) is 11.5. The van der Waals surface area contributed by atoms with Gasteiger partial charge in [-0.25, -0.2) is 15.0 Å². The van der Waals surface area contributed by atoms with Crippen molar-refractivity contribution in [2.45, 2.75) is 49.5 Å². The molecule has 2 aromatic carbocycles. The average Bonchev–Trinajstić information content (AvgIpc) is 3.30. The van der Waals surface area contributed by atoms with Crippen molar-refractivity contribution < 1.29 is 15.0 Å². The number of aromatic nitrogens is 4. The van der Waals surface area contributed by atoms with Crippen molar-refractivity contribution in [2.75, 3.05) is 0 Å². The number of rotatable bonds is 2. The molecule has 4 aromatic rings. The predicted octanol–water partition coefficient (Wildman–Crippen LogP) is 3.00. The van der Waals surface area contributed by atoms with Crippen LogP contribution in [0.15, 0.2) is 54.9 Å². The second-order valence-electron chi connectivity index (χ2n) is 10.1. The van der Waals surface area contributed by atoms with E-state index in [1.807, 2.05) is 36.4 Å². The Morgan fingerprint density at radius 3 is 2.53 bits per heavy atom. The maximum Gasteiger partial charge on any atom is 0.252 e. The topological polar surface area (TPSA) is 113 Å². The number of imidazole rings is 1. The Morgan fingerprint density at radius 2 is 1.76 bits per heavy atom. The van der Waals surface area contributed by atoms with Crippen LogP contribution < -0.4 is 5.32 Å². The van der Waals surface area contributed by atoms with E-state index in [1.54, 1.807) is 19.3 Å². The van der Waals surface area contributed by atoms with E-state index in [-0.39, 0.29) is 30.8 Å². The van der Waals surface area contributed by atoms with Crippen LogP contribution in [0.4, 0.5) is 0 Å². The number of amides is 1. The lowest BCUT2D eigenvalue weighted by atomic mass is 9.68. The molecule has 34 heavy (non-hydrogen) atoms. The SMILES string of the molecule is C[C@]1(O)C[C@](O)(c2ncc(-c3cccc4c3C3CC(NC4=O)c4nc5ccccc5n43)cn2)C1. The highest BCUT2D eigenvalue weighted by Gasteiger charge is 2.53. The largest absolute Gasteiger partial charge is 0.390 e. The summed E-state index contributed by atoms with van der Waals surface area (Å²) in [5.41, 5.74) is 3.11. The molecule has 4 heterocycles. The highest BCUT2D eigenvalue weighted by atomic mass is 16.3. The van der Waals surface area contributed by atoms with Crippen molar-refractivity contribution in [2.24, 2.45) is 0 Å². The first-order chi connectivity index (χ1) is 16.3. The number of nitrogens with zero attached hydrogens (tertiary/aromatic N) is 4. The maximum absolute atomic E-state index is 13.2. The predicted molar refractivity (Wildman–Crippen MR) is 124 cm³/mol. The highest BCUT2D eigenvalue weighted by Crippen LogP contribution is 2.48. The van der Waals surface area contributed by atoms with Gasteiger partial charge in [-0.2, -0.15) is 0 Å². The van der Waals surface area contributed by atoms with Gasteiger partial charge in [-0.15, -0.1) is 0 Å². The third-order valence-corrected chi connectivity index (χ3v) is 7.42. The summed E-state index contributed by atoms with van der Waals surface area (Å²) in [6.07, 6.45) is 4.55. The summed E-state index contributed by atoms with van der Waals surface area (Å²) in [6, 6.07) is 13.6. The Kier molecular flexibility index (Phi) is 3.78. The van der Waals surface area contributed by atoms with E-state index in [2.05, 4.69) is 25.9 Å². The van der Waals surface area contributed by atoms with Gasteiger partial charge >= 0.3 is 0 Å². The van der Waals surface area contributed by atoms with Crippen molar-refractivity contribution in [3.63, 3.8) is 0 Å². The zero-order valence-electron chi connectivity index (χ0n) is 18.6. The molecule has 1 fully saturated rings. The van der Waals surface area contributed by atoms with E-state index in [9.17, 15) is 15.0 Å². The van der Waals surface area contributed by atoms with Gasteiger partial charge in [-0.05, 0) is 42.7 Å². The third-order valence-electron chi connectivity index (χ3n) is 7.42. The minimum Gasteiger partial charge on any atom is -0.390 e. The van der Waals surface area contributed by atoms with Gasteiger partial charge in [0.1, 0.15) is 11.4 Å². The smallest absolute Gasteiger partial charge is 0.252 e. The van der Waals surface area contributed by atoms with Gasteiger partial charge in [0.05, 0.1) is 28.7 Å². The molecule has 8 nitrogen and oxygen atoms in total. The number of hydrogen-bond acceptors (Lipinski definition) is 6. The van der Waals surface area contributed by atoms with Crippen LogP contribution in [-0.2, 0) is 5.60 Å². The molecule has 170 valence electrons. The fourth-order valence-electron chi connectivity index (χ4n) is 6.12. The molecular formula is C26H23N5O3. The second-order valence-corrected chi connectivity index (χ2v) is 10.1. The summed E-state index contributed by atoms with van der Waals surface area (Å²) in [5, 5.41) is 24.0. The van der Waals surface area contributed by atoms with E-state index < -0.39 is 11.2 Å². The molecule has 1 saturated carbocycles. The lowest BCUT2D eigenvalue weighted by Gasteiger charge is -2.46. The number of aliphatic hydroxyl groups is 2. The number of para-hydroxylation sites is 2. The summed E-state index contributed by atoms with van der Waals surface area (Å²) in [4.78, 5) is 26.9. The van der Waals surface area contributed by atoms with Crippen LogP contribution in [0, 0.1) is 0 Å². The van der Waals surface area contributed by atoms with Gasteiger partial charge in [0.2, 0.25) is 0 Å². The maximum atomic E-state index is 13.2. The lowest BCUT2D eigenvalue weighted by Crippen LogP contribution is -2.53. The molecule has 3 N–H and O–H groups in total. The van der Waals surface area contributed by atoms with Crippen LogP contribution in [0.3, 0.4) is 0 Å². The number of benzene rings is 2. The first-order valence-corrected chi connectivity index (χ1v) is 11.5. The molecule has 0 saturated heterocycles. The molecule has 1 amide bonds. The summed E-state index contributed by atoms with van der Waals surface area (Å²) < 4.78 is 2.25.